The maximum Gasteiger partial charge on any atom is 0.303 e. The molecular formula is C42H53N9O9. The van der Waals surface area contributed by atoms with Crippen molar-refractivity contribution in [2.24, 2.45) is 17.2 Å². The number of aryl methyl sites for hydroxylation is 2. The monoisotopic (exact) mass is 827 g/mol. The van der Waals surface area contributed by atoms with Gasteiger partial charge in [-0.05, 0) is 80.3 Å². The summed E-state index contributed by atoms with van der Waals surface area (Å²) in [5.41, 5.74) is 20.8. The Morgan fingerprint density at radius 2 is 1.60 bits per heavy atom. The van der Waals surface area contributed by atoms with E-state index in [0.717, 1.165) is 10.5 Å². The first-order valence-corrected chi connectivity index (χ1v) is 19.5. The average Bonchev–Trinajstić information content (AvgIpc) is 3.22. The standard InChI is InChI=1S/C42H53N9O9/c1-24-4-8-29(27(20-24)7-11-36(52)53)39(55)49-32(12-13-43)42(58)51(3)37-28-6-10-35(60-19-16-46)31(23-28)30-21-26(5-9-34(30)59-18-15-45)22-33(40(56)47-17-14-44)50-38(54)25(2)48-41(37)57/h4-6,8-10,20-21,23,25,32-33,37H,7,11-13,15-19,22,43,45-46H2,1-3H3,(H,47,56)(H,48,57)(H,49,55)(H,50,54)(H,52,53)/t25-,32-,33-,37-/m0/s1. The first-order valence-electron chi connectivity index (χ1n) is 19.5. The van der Waals surface area contributed by atoms with Crippen molar-refractivity contribution in [3.05, 3.63) is 82.4 Å². The third-order valence-electron chi connectivity index (χ3n) is 9.73. The Hall–Kier alpha value is -6.55. The van der Waals surface area contributed by atoms with E-state index in [-0.39, 0.29) is 70.6 Å². The fourth-order valence-corrected chi connectivity index (χ4v) is 6.76. The smallest absolute Gasteiger partial charge is 0.303 e. The summed E-state index contributed by atoms with van der Waals surface area (Å²) >= 11 is 0. The van der Waals surface area contributed by atoms with Crippen LogP contribution in [0.3, 0.4) is 0 Å². The topological polar surface area (TPSA) is 294 Å². The maximum atomic E-state index is 14.5. The van der Waals surface area contributed by atoms with Crippen molar-refractivity contribution in [1.29, 1.82) is 5.26 Å². The van der Waals surface area contributed by atoms with Crippen LogP contribution >= 0.6 is 0 Å². The predicted octanol–water partition coefficient (Wildman–Crippen LogP) is 0.187. The van der Waals surface area contributed by atoms with Gasteiger partial charge in [-0.1, -0.05) is 29.8 Å². The van der Waals surface area contributed by atoms with Crippen LogP contribution in [0.1, 0.15) is 58.4 Å². The number of ether oxygens (including phenoxy) is 2. The number of nitrogens with one attached hydrogen (secondary N) is 4. The van der Waals surface area contributed by atoms with E-state index in [2.05, 4.69) is 21.3 Å². The Bertz CT molecular complexity index is 2100. The zero-order valence-corrected chi connectivity index (χ0v) is 33.9. The number of nitrogens with zero attached hydrogens (tertiary/aromatic N) is 2. The normalized spacial score (nSPS) is 16.8. The van der Waals surface area contributed by atoms with E-state index >= 15 is 0 Å². The Morgan fingerprint density at radius 3 is 2.23 bits per heavy atom. The molecule has 3 aromatic carbocycles. The van der Waals surface area contributed by atoms with Crippen LogP contribution in [-0.4, -0.2) is 110 Å². The van der Waals surface area contributed by atoms with Crippen molar-refractivity contribution >= 4 is 35.5 Å². The molecule has 4 rings (SSSR count). The first kappa shape index (κ1) is 46.1. The predicted molar refractivity (Wildman–Crippen MR) is 220 cm³/mol. The van der Waals surface area contributed by atoms with E-state index in [1.165, 1.54) is 14.0 Å². The van der Waals surface area contributed by atoms with Crippen LogP contribution in [0.15, 0.2) is 54.6 Å². The largest absolute Gasteiger partial charge is 0.492 e. The number of rotatable bonds is 17. The highest BCUT2D eigenvalue weighted by Crippen LogP contribution is 2.40. The fourth-order valence-electron chi connectivity index (χ4n) is 6.76. The van der Waals surface area contributed by atoms with Gasteiger partial charge >= 0.3 is 5.97 Å². The number of nitrogens with two attached hydrogens (primary N) is 3. The van der Waals surface area contributed by atoms with Crippen LogP contribution in [0, 0.1) is 18.3 Å². The average molecular weight is 828 g/mol. The minimum absolute atomic E-state index is 0.00965. The number of amides is 5. The van der Waals surface area contributed by atoms with Gasteiger partial charge < -0.3 is 57.9 Å². The quantitative estimate of drug-likeness (QED) is 0.0845. The number of benzene rings is 3. The highest BCUT2D eigenvalue weighted by atomic mass is 16.5. The number of hydrogen-bond acceptors (Lipinski definition) is 12. The van der Waals surface area contributed by atoms with Crippen LogP contribution in [0.2, 0.25) is 0 Å². The minimum atomic E-state index is -1.42. The summed E-state index contributed by atoms with van der Waals surface area (Å²) in [4.78, 5) is 82.2. The highest BCUT2D eigenvalue weighted by Gasteiger charge is 2.36. The molecule has 0 unspecified atom stereocenters. The molecule has 5 amide bonds. The second-order valence-electron chi connectivity index (χ2n) is 14.2. The molecule has 18 nitrogen and oxygen atoms in total. The number of likely N-dealkylation sites (N-methyl/N-ethyl adjacent to an activating group) is 1. The number of hydrogen-bond donors (Lipinski definition) is 8. The number of fused-ring (bicyclic) bond motifs is 5. The molecule has 0 fully saturated rings. The van der Waals surface area contributed by atoms with Crippen LogP contribution in [0.25, 0.3) is 11.1 Å². The molecule has 1 heterocycles. The molecule has 4 bridgehead atoms. The van der Waals surface area contributed by atoms with E-state index in [1.54, 1.807) is 54.6 Å². The molecular weight excluding hydrogens is 775 g/mol. The van der Waals surface area contributed by atoms with Crippen molar-refractivity contribution in [3.8, 4) is 28.7 Å². The summed E-state index contributed by atoms with van der Waals surface area (Å²) in [6, 6.07) is 11.8. The summed E-state index contributed by atoms with van der Waals surface area (Å²) in [7, 11) is 1.38. The summed E-state index contributed by atoms with van der Waals surface area (Å²) in [5.74, 6) is -3.77. The molecule has 0 saturated heterocycles. The van der Waals surface area contributed by atoms with Gasteiger partial charge in [0.25, 0.3) is 5.91 Å². The Morgan fingerprint density at radius 1 is 0.933 bits per heavy atom. The van der Waals surface area contributed by atoms with Gasteiger partial charge in [-0.15, -0.1) is 0 Å². The molecule has 1 aliphatic rings. The number of carboxylic acid groups (broad SMARTS) is 1. The van der Waals surface area contributed by atoms with E-state index in [9.17, 15) is 33.9 Å². The molecule has 0 aromatic heterocycles. The Balaban J connectivity index is 1.86. The number of carbonyl (C=O) groups is 6. The van der Waals surface area contributed by atoms with Crippen LogP contribution in [0.4, 0.5) is 0 Å². The molecule has 11 N–H and O–H groups in total. The van der Waals surface area contributed by atoms with E-state index in [4.69, 9.17) is 31.9 Å². The van der Waals surface area contributed by atoms with Crippen LogP contribution in [0.5, 0.6) is 11.5 Å². The lowest BCUT2D eigenvalue weighted by Crippen LogP contribution is -2.56. The SMILES string of the molecule is Cc1ccc(C(=O)N[C@@H](CCN)C(=O)N(C)[C@@H]2C(=O)N[C@@H](C)C(=O)N[C@H](C(=O)NCC#N)Cc3ccc(OCCN)c(c3)-c3cc2ccc3OCCN)c(CCC(=O)O)c1. The van der Waals surface area contributed by atoms with Crippen LogP contribution < -0.4 is 47.9 Å². The van der Waals surface area contributed by atoms with Crippen molar-refractivity contribution in [2.45, 2.75) is 63.7 Å². The third-order valence-corrected chi connectivity index (χ3v) is 9.73. The summed E-state index contributed by atoms with van der Waals surface area (Å²) in [6.45, 7) is 3.51. The van der Waals surface area contributed by atoms with E-state index < -0.39 is 59.7 Å². The van der Waals surface area contributed by atoms with Gasteiger partial charge in [-0.25, -0.2) is 0 Å². The van der Waals surface area contributed by atoms with Crippen molar-refractivity contribution in [1.82, 2.24) is 26.2 Å². The zero-order chi connectivity index (χ0) is 43.9. The van der Waals surface area contributed by atoms with Gasteiger partial charge in [-0.3, -0.25) is 28.8 Å². The molecule has 0 saturated carbocycles. The van der Waals surface area contributed by atoms with Gasteiger partial charge in [0.2, 0.25) is 23.6 Å². The molecule has 1 aliphatic heterocycles. The molecule has 18 heteroatoms. The number of aliphatic carboxylic acids is 1. The van der Waals surface area contributed by atoms with Gasteiger partial charge in [0.15, 0.2) is 0 Å². The van der Waals surface area contributed by atoms with E-state index in [0.29, 0.717) is 39.3 Å². The number of nitriles is 1. The van der Waals surface area contributed by atoms with Crippen molar-refractivity contribution in [3.63, 3.8) is 0 Å². The van der Waals surface area contributed by atoms with Gasteiger partial charge in [-0.2, -0.15) is 5.26 Å². The van der Waals surface area contributed by atoms with E-state index in [1.807, 2.05) is 13.0 Å². The van der Waals surface area contributed by atoms with Gasteiger partial charge in [0.1, 0.15) is 55.4 Å². The van der Waals surface area contributed by atoms with Crippen molar-refractivity contribution in [2.75, 3.05) is 46.4 Å². The Labute approximate surface area is 348 Å². The van der Waals surface area contributed by atoms with Crippen molar-refractivity contribution < 1.29 is 43.3 Å². The molecule has 0 radical (unpaired) electrons. The fraction of sp³-hybridized carbons (Fsp3) is 0.405. The highest BCUT2D eigenvalue weighted by molar-refractivity contribution is 6.00. The lowest BCUT2D eigenvalue weighted by Gasteiger charge is -2.32. The summed E-state index contributed by atoms with van der Waals surface area (Å²) in [6.07, 6.45) is -0.184. The van der Waals surface area contributed by atoms with Crippen LogP contribution in [-0.2, 0) is 36.8 Å². The second-order valence-corrected chi connectivity index (χ2v) is 14.2. The lowest BCUT2D eigenvalue weighted by molar-refractivity contribution is -0.141. The third kappa shape index (κ3) is 12.0. The molecule has 0 spiro atoms. The van der Waals surface area contributed by atoms with Gasteiger partial charge in [0.05, 0.1) is 6.07 Å². The summed E-state index contributed by atoms with van der Waals surface area (Å²) < 4.78 is 12.1. The molecule has 3 aromatic rings. The Kier molecular flexibility index (Phi) is 16.9. The number of carbonyl (C=O) groups excluding carboxylic acids is 5. The lowest BCUT2D eigenvalue weighted by atomic mass is 9.93. The second kappa shape index (κ2) is 22.0. The first-order chi connectivity index (χ1) is 28.7. The minimum Gasteiger partial charge on any atom is -0.492 e. The zero-order valence-electron chi connectivity index (χ0n) is 33.9. The molecule has 0 aliphatic carbocycles. The molecule has 60 heavy (non-hydrogen) atoms. The molecule has 4 atom stereocenters. The molecule has 320 valence electrons. The maximum absolute atomic E-state index is 14.5. The number of carboxylic acids is 1. The summed E-state index contributed by atoms with van der Waals surface area (Å²) in [5, 5.41) is 29.0. The van der Waals surface area contributed by atoms with Gasteiger partial charge in [0, 0.05) is 49.7 Å².